The standard InChI is InChI=1S/C21H24N6O5S/c1-13-22-10-16(11-23-13)21-26-25-20(32-21)15-5-4-8-27(12-15)33(29,30)17-6-7-19(31-3)18(9-17)24-14(2)28/h6-7,9-11,15H,4-5,8,12H2,1-3H3,(H,24,28)/t15-/m0/s1. The third-order valence-corrected chi connectivity index (χ3v) is 7.18. The fourth-order valence-corrected chi connectivity index (χ4v) is 5.22. The Morgan fingerprint density at radius 3 is 2.70 bits per heavy atom. The maximum Gasteiger partial charge on any atom is 0.250 e. The molecule has 1 N–H and O–H groups in total. The lowest BCUT2D eigenvalue weighted by molar-refractivity contribution is -0.114. The van der Waals surface area contributed by atoms with E-state index in [2.05, 4.69) is 25.5 Å². The number of nitrogens with zero attached hydrogens (tertiary/aromatic N) is 5. The lowest BCUT2D eigenvalue weighted by Gasteiger charge is -2.30. The number of hydrogen-bond donors (Lipinski definition) is 1. The fraction of sp³-hybridized carbons (Fsp3) is 0.381. The van der Waals surface area contributed by atoms with E-state index in [0.717, 1.165) is 6.42 Å². The molecule has 1 aliphatic rings. The van der Waals surface area contributed by atoms with E-state index in [-0.39, 0.29) is 23.3 Å². The number of carbonyl (C=O) groups is 1. The summed E-state index contributed by atoms with van der Waals surface area (Å²) in [6, 6.07) is 4.39. The van der Waals surface area contributed by atoms with Crippen LogP contribution in [0.25, 0.3) is 11.5 Å². The van der Waals surface area contributed by atoms with Crippen molar-refractivity contribution < 1.29 is 22.4 Å². The zero-order valence-electron chi connectivity index (χ0n) is 18.5. The van der Waals surface area contributed by atoms with Gasteiger partial charge in [-0.3, -0.25) is 4.79 Å². The van der Waals surface area contributed by atoms with Gasteiger partial charge in [0.05, 0.1) is 29.2 Å². The van der Waals surface area contributed by atoms with Crippen LogP contribution >= 0.6 is 0 Å². The molecule has 0 bridgehead atoms. The number of methoxy groups -OCH3 is 1. The highest BCUT2D eigenvalue weighted by Gasteiger charge is 2.34. The maximum atomic E-state index is 13.3. The van der Waals surface area contributed by atoms with Gasteiger partial charge in [-0.1, -0.05) is 0 Å². The molecule has 0 unspecified atom stereocenters. The monoisotopic (exact) mass is 472 g/mol. The van der Waals surface area contributed by atoms with Gasteiger partial charge in [0.1, 0.15) is 11.6 Å². The molecular weight excluding hydrogens is 448 g/mol. The first-order valence-electron chi connectivity index (χ1n) is 10.4. The summed E-state index contributed by atoms with van der Waals surface area (Å²) in [6.07, 6.45) is 4.57. The van der Waals surface area contributed by atoms with Gasteiger partial charge in [0.15, 0.2) is 0 Å². The molecule has 1 aromatic carbocycles. The first-order chi connectivity index (χ1) is 15.8. The van der Waals surface area contributed by atoms with E-state index in [1.54, 1.807) is 19.3 Å². The van der Waals surface area contributed by atoms with Crippen LogP contribution in [0, 0.1) is 6.92 Å². The lowest BCUT2D eigenvalue weighted by Crippen LogP contribution is -2.39. The topological polar surface area (TPSA) is 140 Å². The first-order valence-corrected chi connectivity index (χ1v) is 11.8. The van der Waals surface area contributed by atoms with E-state index >= 15 is 0 Å². The molecule has 1 saturated heterocycles. The van der Waals surface area contributed by atoms with Gasteiger partial charge in [-0.25, -0.2) is 18.4 Å². The van der Waals surface area contributed by atoms with Crippen LogP contribution in [0.1, 0.15) is 37.4 Å². The number of aryl methyl sites for hydroxylation is 1. The number of piperidine rings is 1. The number of amides is 1. The summed E-state index contributed by atoms with van der Waals surface area (Å²) >= 11 is 0. The van der Waals surface area contributed by atoms with Gasteiger partial charge >= 0.3 is 0 Å². The Balaban J connectivity index is 1.56. The number of aromatic nitrogens is 4. The zero-order valence-corrected chi connectivity index (χ0v) is 19.3. The summed E-state index contributed by atoms with van der Waals surface area (Å²) in [7, 11) is -2.37. The van der Waals surface area contributed by atoms with Crippen molar-refractivity contribution in [3.05, 3.63) is 42.3 Å². The van der Waals surface area contributed by atoms with Gasteiger partial charge in [-0.15, -0.1) is 10.2 Å². The number of carbonyl (C=O) groups excluding carboxylic acids is 1. The molecule has 3 heterocycles. The Kier molecular flexibility index (Phi) is 6.38. The largest absolute Gasteiger partial charge is 0.495 e. The summed E-state index contributed by atoms with van der Waals surface area (Å²) in [5.74, 6) is 1.10. The van der Waals surface area contributed by atoms with Crippen molar-refractivity contribution in [3.63, 3.8) is 0 Å². The summed E-state index contributed by atoms with van der Waals surface area (Å²) in [4.78, 5) is 19.8. The van der Waals surface area contributed by atoms with Gasteiger partial charge < -0.3 is 14.5 Å². The van der Waals surface area contributed by atoms with Crippen LogP contribution in [0.5, 0.6) is 5.75 Å². The molecule has 4 rings (SSSR count). The molecule has 0 saturated carbocycles. The predicted octanol–water partition coefficient (Wildman–Crippen LogP) is 2.37. The average molecular weight is 473 g/mol. The molecule has 0 radical (unpaired) electrons. The number of benzene rings is 1. The molecule has 33 heavy (non-hydrogen) atoms. The Bertz CT molecular complexity index is 1260. The number of rotatable bonds is 6. The van der Waals surface area contributed by atoms with Crippen LogP contribution in [-0.2, 0) is 14.8 Å². The summed E-state index contributed by atoms with van der Waals surface area (Å²) in [5, 5.41) is 10.8. The van der Waals surface area contributed by atoms with Crippen molar-refractivity contribution in [2.75, 3.05) is 25.5 Å². The minimum absolute atomic E-state index is 0.0655. The van der Waals surface area contributed by atoms with Crippen LogP contribution < -0.4 is 10.1 Å². The Morgan fingerprint density at radius 1 is 1.24 bits per heavy atom. The van der Waals surface area contributed by atoms with Crippen molar-refractivity contribution in [3.8, 4) is 17.2 Å². The first kappa shape index (κ1) is 22.8. The highest BCUT2D eigenvalue weighted by molar-refractivity contribution is 7.89. The second kappa shape index (κ2) is 9.24. The van der Waals surface area contributed by atoms with Crippen molar-refractivity contribution in [1.82, 2.24) is 24.5 Å². The Labute approximate surface area is 191 Å². The lowest BCUT2D eigenvalue weighted by atomic mass is 10.00. The van der Waals surface area contributed by atoms with Crippen LogP contribution in [0.2, 0.25) is 0 Å². The third-order valence-electron chi connectivity index (χ3n) is 5.32. The summed E-state index contributed by atoms with van der Waals surface area (Å²) in [5.41, 5.74) is 0.893. The number of anilines is 1. The molecule has 1 atom stereocenters. The molecule has 11 nitrogen and oxygen atoms in total. The van der Waals surface area contributed by atoms with Gasteiger partial charge in [-0.05, 0) is 38.0 Å². The van der Waals surface area contributed by atoms with E-state index < -0.39 is 10.0 Å². The second-order valence-electron chi connectivity index (χ2n) is 7.71. The number of sulfonamides is 1. The highest BCUT2D eigenvalue weighted by Crippen LogP contribution is 2.33. The SMILES string of the molecule is COc1ccc(S(=O)(=O)N2CCC[C@H](c3nnc(-c4cnc(C)nc4)o3)C2)cc1NC(C)=O. The molecule has 1 amide bonds. The normalized spacial score (nSPS) is 17.0. The Morgan fingerprint density at radius 2 is 2.00 bits per heavy atom. The summed E-state index contributed by atoms with van der Waals surface area (Å²) < 4.78 is 39.1. The van der Waals surface area contributed by atoms with Crippen molar-refractivity contribution in [2.45, 2.75) is 37.5 Å². The van der Waals surface area contributed by atoms with E-state index in [4.69, 9.17) is 9.15 Å². The van der Waals surface area contributed by atoms with Gasteiger partial charge in [0.2, 0.25) is 21.8 Å². The van der Waals surface area contributed by atoms with Crippen molar-refractivity contribution in [1.29, 1.82) is 0 Å². The molecule has 2 aromatic heterocycles. The van der Waals surface area contributed by atoms with Gasteiger partial charge in [-0.2, -0.15) is 4.31 Å². The van der Waals surface area contributed by atoms with Crippen LogP contribution in [0.15, 0.2) is 39.9 Å². The quantitative estimate of drug-likeness (QED) is 0.572. The highest BCUT2D eigenvalue weighted by atomic mass is 32.2. The Hall–Kier alpha value is -3.38. The van der Waals surface area contributed by atoms with Crippen molar-refractivity contribution in [2.24, 2.45) is 0 Å². The minimum atomic E-state index is -3.82. The van der Waals surface area contributed by atoms with Crippen LogP contribution in [0.3, 0.4) is 0 Å². The van der Waals surface area contributed by atoms with E-state index in [1.165, 1.54) is 36.5 Å². The molecule has 0 spiro atoms. The van der Waals surface area contributed by atoms with E-state index in [0.29, 0.717) is 47.6 Å². The molecule has 1 aliphatic heterocycles. The second-order valence-corrected chi connectivity index (χ2v) is 9.65. The van der Waals surface area contributed by atoms with Crippen molar-refractivity contribution >= 4 is 21.6 Å². The fourth-order valence-electron chi connectivity index (χ4n) is 3.67. The summed E-state index contributed by atoms with van der Waals surface area (Å²) in [6.45, 7) is 3.70. The number of ether oxygens (including phenoxy) is 1. The van der Waals surface area contributed by atoms with Crippen LogP contribution in [-0.4, -0.2) is 59.0 Å². The number of nitrogens with one attached hydrogen (secondary N) is 1. The minimum Gasteiger partial charge on any atom is -0.495 e. The molecule has 174 valence electrons. The molecule has 0 aliphatic carbocycles. The van der Waals surface area contributed by atoms with E-state index in [1.807, 2.05) is 0 Å². The van der Waals surface area contributed by atoms with Crippen LogP contribution in [0.4, 0.5) is 5.69 Å². The maximum absolute atomic E-state index is 13.3. The zero-order chi connectivity index (χ0) is 23.6. The molecule has 1 fully saturated rings. The third kappa shape index (κ3) is 4.86. The molecule has 12 heteroatoms. The molecule has 3 aromatic rings. The average Bonchev–Trinajstić information content (AvgIpc) is 3.29. The number of hydrogen-bond acceptors (Lipinski definition) is 9. The van der Waals surface area contributed by atoms with Gasteiger partial charge in [0, 0.05) is 32.4 Å². The van der Waals surface area contributed by atoms with E-state index in [9.17, 15) is 13.2 Å². The smallest absolute Gasteiger partial charge is 0.250 e. The van der Waals surface area contributed by atoms with Gasteiger partial charge in [0.25, 0.3) is 5.89 Å². The molecular formula is C21H24N6O5S. The predicted molar refractivity (Wildman–Crippen MR) is 118 cm³/mol.